The minimum absolute atomic E-state index is 0.177. The molecule has 158 valence electrons. The van der Waals surface area contributed by atoms with E-state index in [9.17, 15) is 4.79 Å². The van der Waals surface area contributed by atoms with Gasteiger partial charge in [0.05, 0.1) is 12.6 Å². The lowest BCUT2D eigenvalue weighted by Gasteiger charge is -2.31. The minimum atomic E-state index is -0.525. The number of rotatable bonds is 7. The highest BCUT2D eigenvalue weighted by Gasteiger charge is 2.20. The van der Waals surface area contributed by atoms with E-state index in [-0.39, 0.29) is 12.3 Å². The van der Waals surface area contributed by atoms with Gasteiger partial charge in [-0.25, -0.2) is 4.79 Å². The summed E-state index contributed by atoms with van der Waals surface area (Å²) in [6.07, 6.45) is 4.88. The molecule has 0 saturated heterocycles. The van der Waals surface area contributed by atoms with Crippen LogP contribution in [0.4, 0.5) is 10.5 Å². The Labute approximate surface area is 173 Å². The van der Waals surface area contributed by atoms with Crippen molar-refractivity contribution in [3.05, 3.63) is 42.2 Å². The number of ether oxygens (including phenoxy) is 2. The van der Waals surface area contributed by atoms with E-state index in [1.54, 1.807) is 6.20 Å². The largest absolute Gasteiger partial charge is 0.444 e. The lowest BCUT2D eigenvalue weighted by Crippen LogP contribution is -2.42. The van der Waals surface area contributed by atoms with Crippen molar-refractivity contribution in [2.45, 2.75) is 59.4 Å². The van der Waals surface area contributed by atoms with Crippen molar-refractivity contribution in [1.82, 2.24) is 10.3 Å². The number of hydrogen-bond donors (Lipinski definition) is 1. The Bertz CT molecular complexity index is 874. The molecule has 0 aliphatic carbocycles. The molecule has 1 unspecified atom stereocenters. The Morgan fingerprint density at radius 3 is 2.69 bits per heavy atom. The van der Waals surface area contributed by atoms with Crippen molar-refractivity contribution in [3.63, 3.8) is 0 Å². The fourth-order valence-electron chi connectivity index (χ4n) is 3.19. The Morgan fingerprint density at radius 1 is 1.38 bits per heavy atom. The first-order valence-corrected chi connectivity index (χ1v) is 9.87. The molecule has 1 aromatic carbocycles. The number of aryl methyl sites for hydroxylation is 1. The topological polar surface area (TPSA) is 63.7 Å². The van der Waals surface area contributed by atoms with Crippen LogP contribution in [0, 0.1) is 6.92 Å². The van der Waals surface area contributed by atoms with Crippen LogP contribution in [-0.2, 0) is 9.47 Å². The van der Waals surface area contributed by atoms with E-state index in [1.165, 1.54) is 0 Å². The molecule has 0 fully saturated rings. The second-order valence-electron chi connectivity index (χ2n) is 8.33. The Morgan fingerprint density at radius 2 is 2.07 bits per heavy atom. The molecule has 0 radical (unpaired) electrons. The third kappa shape index (κ3) is 5.94. The highest BCUT2D eigenvalue weighted by Crippen LogP contribution is 2.33. The second kappa shape index (κ2) is 9.27. The molecule has 1 amide bonds. The van der Waals surface area contributed by atoms with Gasteiger partial charge in [0.1, 0.15) is 11.8 Å². The highest BCUT2D eigenvalue weighted by atomic mass is 16.6. The van der Waals surface area contributed by atoms with Gasteiger partial charge >= 0.3 is 6.09 Å². The molecule has 2 atom stereocenters. The summed E-state index contributed by atoms with van der Waals surface area (Å²) in [7, 11) is 2.00. The summed E-state index contributed by atoms with van der Waals surface area (Å²) in [5.74, 6) is 0. The first kappa shape index (κ1) is 22.7. The number of carbonyl (C=O) groups is 1. The highest BCUT2D eigenvalue weighted by molar-refractivity contribution is 5.93. The molecule has 1 aromatic heterocycles. The lowest BCUT2D eigenvalue weighted by atomic mass is 9.99. The van der Waals surface area contributed by atoms with Crippen LogP contribution in [0.25, 0.3) is 16.8 Å². The number of hydrogen-bond acceptors (Lipinski definition) is 5. The van der Waals surface area contributed by atoms with Crippen molar-refractivity contribution in [3.8, 4) is 0 Å². The van der Waals surface area contributed by atoms with E-state index in [0.29, 0.717) is 6.61 Å². The Hall–Kier alpha value is -2.60. The summed E-state index contributed by atoms with van der Waals surface area (Å²) in [4.78, 5) is 18.2. The molecule has 29 heavy (non-hydrogen) atoms. The second-order valence-corrected chi connectivity index (χ2v) is 8.33. The zero-order valence-corrected chi connectivity index (χ0v) is 18.6. The summed E-state index contributed by atoms with van der Waals surface area (Å²) < 4.78 is 11.3. The van der Waals surface area contributed by atoms with Crippen LogP contribution in [0.2, 0.25) is 0 Å². The van der Waals surface area contributed by atoms with E-state index >= 15 is 0 Å². The smallest absolute Gasteiger partial charge is 0.407 e. The first-order chi connectivity index (χ1) is 13.5. The first-order valence-electron chi connectivity index (χ1n) is 9.87. The fraction of sp³-hybridized carbons (Fsp3) is 0.478. The molecule has 0 bridgehead atoms. The number of amides is 1. The molecular formula is C23H33N3O3. The number of anilines is 1. The number of alkyl carbamates (subject to hydrolysis) is 1. The summed E-state index contributed by atoms with van der Waals surface area (Å²) in [5.41, 5.74) is 2.72. The number of benzene rings is 1. The third-order valence-corrected chi connectivity index (χ3v) is 4.66. The quantitative estimate of drug-likeness (QED) is 0.671. The Balaban J connectivity index is 2.08. The van der Waals surface area contributed by atoms with Gasteiger partial charge in [-0.3, -0.25) is 4.98 Å². The van der Waals surface area contributed by atoms with Gasteiger partial charge in [0.15, 0.2) is 0 Å². The zero-order chi connectivity index (χ0) is 21.8. The predicted octanol–water partition coefficient (Wildman–Crippen LogP) is 4.90. The van der Waals surface area contributed by atoms with Crippen LogP contribution < -0.4 is 10.2 Å². The predicted molar refractivity (Wildman–Crippen MR) is 119 cm³/mol. The van der Waals surface area contributed by atoms with Gasteiger partial charge in [-0.15, -0.1) is 0 Å². The molecule has 1 heterocycles. The summed E-state index contributed by atoms with van der Waals surface area (Å²) >= 11 is 0. The van der Waals surface area contributed by atoms with E-state index < -0.39 is 11.7 Å². The molecular weight excluding hydrogens is 366 g/mol. The zero-order valence-electron chi connectivity index (χ0n) is 18.6. The maximum Gasteiger partial charge on any atom is 0.407 e. The van der Waals surface area contributed by atoms with Gasteiger partial charge in [0, 0.05) is 30.5 Å². The molecule has 2 aromatic rings. The minimum Gasteiger partial charge on any atom is -0.444 e. The maximum atomic E-state index is 11.9. The molecule has 0 aliphatic rings. The molecule has 6 heteroatoms. The van der Waals surface area contributed by atoms with Gasteiger partial charge in [0.2, 0.25) is 0 Å². The van der Waals surface area contributed by atoms with Crippen LogP contribution in [0.3, 0.4) is 0 Å². The van der Waals surface area contributed by atoms with Crippen molar-refractivity contribution >= 4 is 28.6 Å². The summed E-state index contributed by atoms with van der Waals surface area (Å²) in [6, 6.07) is 3.93. The van der Waals surface area contributed by atoms with Crippen molar-refractivity contribution in [2.75, 3.05) is 18.6 Å². The number of pyridine rings is 1. The number of fused-ring (bicyclic) bond motifs is 1. The monoisotopic (exact) mass is 399 g/mol. The van der Waals surface area contributed by atoms with Gasteiger partial charge in [-0.05, 0) is 70.2 Å². The molecule has 0 aliphatic heterocycles. The van der Waals surface area contributed by atoms with Crippen LogP contribution in [0.5, 0.6) is 0 Å². The van der Waals surface area contributed by atoms with Crippen molar-refractivity contribution in [2.24, 2.45) is 0 Å². The fourth-order valence-corrected chi connectivity index (χ4v) is 3.19. The third-order valence-electron chi connectivity index (χ3n) is 4.66. The summed E-state index contributed by atoms with van der Waals surface area (Å²) in [5, 5.41) is 5.04. The molecule has 2 rings (SSSR count). The van der Waals surface area contributed by atoms with Gasteiger partial charge < -0.3 is 19.7 Å². The van der Waals surface area contributed by atoms with Crippen LogP contribution >= 0.6 is 0 Å². The lowest BCUT2D eigenvalue weighted by molar-refractivity contribution is 0.0338. The van der Waals surface area contributed by atoms with E-state index in [2.05, 4.69) is 34.8 Å². The van der Waals surface area contributed by atoms with E-state index in [0.717, 1.165) is 27.6 Å². The van der Waals surface area contributed by atoms with Crippen molar-refractivity contribution in [1.29, 1.82) is 0 Å². The maximum absolute atomic E-state index is 11.9. The molecule has 0 spiro atoms. The average Bonchev–Trinajstić information content (AvgIpc) is 2.63. The number of nitrogens with zero attached hydrogens (tertiary/aromatic N) is 2. The Kier molecular flexibility index (Phi) is 7.25. The SMILES string of the molecule is C=Cc1cc2cnccc2c(C)c1N(C)C(C)OC[C@H](C)NC(=O)OC(C)(C)C. The van der Waals surface area contributed by atoms with Crippen LogP contribution in [-0.4, -0.2) is 42.6 Å². The molecule has 0 saturated carbocycles. The van der Waals surface area contributed by atoms with Crippen LogP contribution in [0.1, 0.15) is 45.7 Å². The molecule has 6 nitrogen and oxygen atoms in total. The van der Waals surface area contributed by atoms with Crippen molar-refractivity contribution < 1.29 is 14.3 Å². The van der Waals surface area contributed by atoms with Gasteiger partial charge in [-0.2, -0.15) is 0 Å². The van der Waals surface area contributed by atoms with Gasteiger partial charge in [0.25, 0.3) is 0 Å². The standard InChI is InChI=1S/C23H33N3O3/c1-9-18-12-19-13-24-11-10-20(19)16(3)21(18)26(8)17(4)28-14-15(2)25-22(27)29-23(5,6)7/h9-13,15,17H,1,14H2,2-8H3,(H,25,27)/t15-,17?/m0/s1. The van der Waals surface area contributed by atoms with E-state index in [1.807, 2.05) is 60.0 Å². The van der Waals surface area contributed by atoms with E-state index in [4.69, 9.17) is 9.47 Å². The average molecular weight is 400 g/mol. The normalized spacial score (nSPS) is 13.6. The van der Waals surface area contributed by atoms with Gasteiger partial charge in [-0.1, -0.05) is 12.7 Å². The van der Waals surface area contributed by atoms with Crippen LogP contribution in [0.15, 0.2) is 31.1 Å². The number of aromatic nitrogens is 1. The summed E-state index contributed by atoms with van der Waals surface area (Å²) in [6.45, 7) is 15.8. The number of nitrogens with one attached hydrogen (secondary N) is 1. The molecule has 1 N–H and O–H groups in total. The number of carbonyl (C=O) groups excluding carboxylic acids is 1.